The number of alkyl halides is 3. The molecule has 2 amide bonds. The van der Waals surface area contributed by atoms with Gasteiger partial charge in [-0.15, -0.1) is 0 Å². The maximum atomic E-state index is 13.9. The Morgan fingerprint density at radius 1 is 1.23 bits per heavy atom. The first-order valence-electron chi connectivity index (χ1n) is 12.4. The van der Waals surface area contributed by atoms with Crippen LogP contribution >= 0.6 is 0 Å². The van der Waals surface area contributed by atoms with Crippen molar-refractivity contribution in [2.75, 3.05) is 35.9 Å². The van der Waals surface area contributed by atoms with Crippen LogP contribution in [0.4, 0.5) is 29.3 Å². The van der Waals surface area contributed by atoms with E-state index in [0.717, 1.165) is 4.31 Å². The molecule has 1 fully saturated rings. The predicted molar refractivity (Wildman–Crippen MR) is 136 cm³/mol. The molecule has 0 bridgehead atoms. The van der Waals surface area contributed by atoms with Gasteiger partial charge in [-0.25, -0.2) is 13.2 Å². The molecule has 0 saturated carbocycles. The quantitative estimate of drug-likeness (QED) is 0.479. The van der Waals surface area contributed by atoms with E-state index in [-0.39, 0.29) is 52.6 Å². The number of hydrogen-bond acceptors (Lipinski definition) is 8. The van der Waals surface area contributed by atoms with Crippen LogP contribution in [0.15, 0.2) is 29.3 Å². The van der Waals surface area contributed by atoms with Gasteiger partial charge in [0.15, 0.2) is 0 Å². The summed E-state index contributed by atoms with van der Waals surface area (Å²) in [7, 11) is -4.23. The van der Waals surface area contributed by atoms with Crippen LogP contribution in [0.5, 0.6) is 5.75 Å². The molecule has 2 aromatic rings. The van der Waals surface area contributed by atoms with Crippen LogP contribution in [0.1, 0.15) is 26.5 Å². The van der Waals surface area contributed by atoms with E-state index in [9.17, 15) is 31.2 Å². The maximum Gasteiger partial charge on any atom is 0.427 e. The first-order valence-corrected chi connectivity index (χ1v) is 13.9. The van der Waals surface area contributed by atoms with Crippen molar-refractivity contribution in [3.63, 3.8) is 0 Å². The summed E-state index contributed by atoms with van der Waals surface area (Å²) in [4.78, 5) is 24.5. The lowest BCUT2D eigenvalue weighted by atomic mass is 10.1. The number of nitrogens with one attached hydrogen (secondary N) is 2. The Balaban J connectivity index is 1.63. The molecular formula is C24H30F3N5O7S. The summed E-state index contributed by atoms with van der Waals surface area (Å²) >= 11 is 0. The van der Waals surface area contributed by atoms with E-state index < -0.39 is 34.0 Å². The van der Waals surface area contributed by atoms with Crippen LogP contribution in [-0.4, -0.2) is 74.4 Å². The van der Waals surface area contributed by atoms with Crippen LogP contribution in [0.25, 0.3) is 0 Å². The third-order valence-electron chi connectivity index (χ3n) is 6.47. The second kappa shape index (κ2) is 10.8. The smallest absolute Gasteiger partial charge is 0.427 e. The molecule has 0 radical (unpaired) electrons. The molecule has 0 unspecified atom stereocenters. The first-order chi connectivity index (χ1) is 18.6. The lowest BCUT2D eigenvalue weighted by Crippen LogP contribution is -2.50. The van der Waals surface area contributed by atoms with Gasteiger partial charge in [0.2, 0.25) is 11.5 Å². The number of carbonyl (C=O) groups excluding carboxylic acids is 2. The van der Waals surface area contributed by atoms with E-state index in [1.165, 1.54) is 29.1 Å². The summed E-state index contributed by atoms with van der Waals surface area (Å²) in [5.41, 5.74) is -2.49. The van der Waals surface area contributed by atoms with Gasteiger partial charge in [-0.3, -0.25) is 19.1 Å². The van der Waals surface area contributed by atoms with Crippen LogP contribution in [0.2, 0.25) is 0 Å². The van der Waals surface area contributed by atoms with Gasteiger partial charge in [0.05, 0.1) is 43.6 Å². The van der Waals surface area contributed by atoms with E-state index in [0.29, 0.717) is 33.6 Å². The number of halogens is 3. The first kappa shape index (κ1) is 29.5. The predicted octanol–water partition coefficient (Wildman–Crippen LogP) is 2.82. The number of aryl methyl sites for hydroxylation is 2. The highest BCUT2D eigenvalue weighted by molar-refractivity contribution is 7.92. The molecule has 0 aliphatic carbocycles. The van der Waals surface area contributed by atoms with Crippen molar-refractivity contribution >= 4 is 33.4 Å². The number of benzene rings is 1. The maximum absolute atomic E-state index is 13.9. The number of aromatic nitrogens is 2. The molecule has 3 heterocycles. The molecule has 12 nitrogen and oxygen atoms in total. The Morgan fingerprint density at radius 3 is 2.50 bits per heavy atom. The summed E-state index contributed by atoms with van der Waals surface area (Å²) in [5.74, 6) is -0.403. The molecule has 0 spiro atoms. The van der Waals surface area contributed by atoms with Gasteiger partial charge in [0.1, 0.15) is 16.7 Å². The molecule has 4 rings (SSSR count). The fourth-order valence-corrected chi connectivity index (χ4v) is 5.61. The highest BCUT2D eigenvalue weighted by atomic mass is 32.2. The molecule has 2 aliphatic rings. The van der Waals surface area contributed by atoms with Gasteiger partial charge < -0.3 is 19.5 Å². The Hall–Kier alpha value is -3.53. The molecule has 1 atom stereocenters. The third kappa shape index (κ3) is 5.96. The Bertz CT molecular complexity index is 1390. The number of ether oxygens (including phenoxy) is 3. The second-order valence-electron chi connectivity index (χ2n) is 9.90. The fraction of sp³-hybridized carbons (Fsp3) is 0.542. The van der Waals surface area contributed by atoms with Crippen molar-refractivity contribution in [3.05, 3.63) is 30.1 Å². The van der Waals surface area contributed by atoms with Gasteiger partial charge in [-0.1, -0.05) is 0 Å². The van der Waals surface area contributed by atoms with Crippen molar-refractivity contribution in [1.82, 2.24) is 15.1 Å². The standard InChI is InChI=1S/C24H30F3N5O7S/c1-5-31-11-20(14(2)30-31)40(35,36)32-10-17(9-28-21(33)15-12-37-13-15)38-19-7-6-16(8-18(19)32)29-22(34)39-23(3,4)24(25,26)27/h6-8,11,15,17H,5,9-10,12-13H2,1-4H3,(H,28,33)(H,29,34)/t17-/m0/s1. The van der Waals surface area contributed by atoms with Crippen molar-refractivity contribution in [1.29, 1.82) is 0 Å². The van der Waals surface area contributed by atoms with Crippen molar-refractivity contribution < 1.29 is 45.4 Å². The Morgan fingerprint density at radius 2 is 1.93 bits per heavy atom. The zero-order valence-corrected chi connectivity index (χ0v) is 23.1. The zero-order valence-electron chi connectivity index (χ0n) is 22.2. The highest BCUT2D eigenvalue weighted by Gasteiger charge is 2.51. The molecular weight excluding hydrogens is 559 g/mol. The largest absolute Gasteiger partial charge is 0.484 e. The third-order valence-corrected chi connectivity index (χ3v) is 8.36. The number of rotatable bonds is 8. The number of sulfonamides is 1. The molecule has 16 heteroatoms. The summed E-state index contributed by atoms with van der Waals surface area (Å²) in [6.45, 7) is 5.61. The van der Waals surface area contributed by atoms with Crippen LogP contribution in [0.3, 0.4) is 0 Å². The minimum Gasteiger partial charge on any atom is -0.484 e. The van der Waals surface area contributed by atoms with Crippen LogP contribution in [-0.2, 0) is 30.8 Å². The van der Waals surface area contributed by atoms with Gasteiger partial charge >= 0.3 is 12.3 Å². The average Bonchev–Trinajstić information content (AvgIpc) is 3.21. The number of hydrogen-bond donors (Lipinski definition) is 2. The van der Waals surface area contributed by atoms with E-state index >= 15 is 0 Å². The molecule has 1 aromatic heterocycles. The lowest BCUT2D eigenvalue weighted by Gasteiger charge is -2.36. The number of fused-ring (bicyclic) bond motifs is 1. The Labute approximate surface area is 228 Å². The minimum absolute atomic E-state index is 0.00680. The van der Waals surface area contributed by atoms with E-state index in [1.54, 1.807) is 13.8 Å². The number of amides is 2. The summed E-state index contributed by atoms with van der Waals surface area (Å²) < 4.78 is 85.2. The van der Waals surface area contributed by atoms with Crippen LogP contribution in [0, 0.1) is 12.8 Å². The zero-order chi connectivity index (χ0) is 29.5. The normalized spacial score (nSPS) is 17.9. The highest BCUT2D eigenvalue weighted by Crippen LogP contribution is 2.40. The molecule has 2 N–H and O–H groups in total. The molecule has 40 heavy (non-hydrogen) atoms. The second-order valence-corrected chi connectivity index (χ2v) is 11.7. The van der Waals surface area contributed by atoms with Gasteiger partial charge in [-0.2, -0.15) is 18.3 Å². The minimum atomic E-state index is -4.81. The fourth-order valence-electron chi connectivity index (χ4n) is 3.94. The van der Waals surface area contributed by atoms with Crippen LogP contribution < -0.4 is 19.7 Å². The topological polar surface area (TPSA) is 141 Å². The summed E-state index contributed by atoms with van der Waals surface area (Å²) in [6, 6.07) is 3.96. The molecule has 1 aromatic carbocycles. The number of anilines is 2. The van der Waals surface area contributed by atoms with Gasteiger partial charge in [0.25, 0.3) is 10.0 Å². The van der Waals surface area contributed by atoms with E-state index in [2.05, 4.69) is 20.5 Å². The van der Waals surface area contributed by atoms with Gasteiger partial charge in [0, 0.05) is 18.4 Å². The number of carbonyl (C=O) groups is 2. The SMILES string of the molecule is CCn1cc(S(=O)(=O)N2C[C@H](CNC(=O)C3COC3)Oc3ccc(NC(=O)OC(C)(C)C(F)(F)F)cc32)c(C)n1. The van der Waals surface area contributed by atoms with Gasteiger partial charge in [-0.05, 0) is 45.9 Å². The van der Waals surface area contributed by atoms with E-state index in [1.807, 2.05) is 0 Å². The summed E-state index contributed by atoms with van der Waals surface area (Å²) in [5, 5.41) is 9.17. The van der Waals surface area contributed by atoms with E-state index in [4.69, 9.17) is 9.47 Å². The monoisotopic (exact) mass is 589 g/mol. The number of nitrogens with zero attached hydrogens (tertiary/aromatic N) is 3. The average molecular weight is 590 g/mol. The molecule has 1 saturated heterocycles. The molecule has 220 valence electrons. The van der Waals surface area contributed by atoms with Crippen molar-refractivity contribution in [2.45, 2.75) is 57.0 Å². The van der Waals surface area contributed by atoms with Crippen molar-refractivity contribution in [2.24, 2.45) is 5.92 Å². The lowest BCUT2D eigenvalue weighted by molar-refractivity contribution is -0.242. The van der Waals surface area contributed by atoms with Crippen molar-refractivity contribution in [3.8, 4) is 5.75 Å². The summed E-state index contributed by atoms with van der Waals surface area (Å²) in [6.07, 6.45) is -5.57. The molecule has 2 aliphatic heterocycles. The Kier molecular flexibility index (Phi) is 7.95.